The Hall–Kier alpha value is -2.17. The second kappa shape index (κ2) is 8.89. The molecule has 0 aliphatic carbocycles. The van der Waals surface area contributed by atoms with E-state index in [1.807, 2.05) is 6.07 Å². The monoisotopic (exact) mass is 377 g/mol. The molecule has 0 aromatic heterocycles. The Balaban J connectivity index is 1.22. The van der Waals surface area contributed by atoms with Gasteiger partial charge < -0.3 is 4.90 Å². The third-order valence-electron chi connectivity index (χ3n) is 6.26. The number of benzene rings is 2. The molecule has 2 aliphatic heterocycles. The molecule has 0 radical (unpaired) electrons. The highest BCUT2D eigenvalue weighted by atomic mass is 16.2. The van der Waals surface area contributed by atoms with Crippen LogP contribution in [0.15, 0.2) is 54.6 Å². The zero-order chi connectivity index (χ0) is 19.3. The van der Waals surface area contributed by atoms with Crippen molar-refractivity contribution in [3.63, 3.8) is 0 Å². The van der Waals surface area contributed by atoms with Crippen molar-refractivity contribution in [3.8, 4) is 0 Å². The van der Waals surface area contributed by atoms with E-state index in [0.717, 1.165) is 38.8 Å². The molecule has 2 fully saturated rings. The van der Waals surface area contributed by atoms with Crippen molar-refractivity contribution in [2.75, 3.05) is 13.1 Å². The molecule has 28 heavy (non-hydrogen) atoms. The first-order chi connectivity index (χ1) is 13.7. The average Bonchev–Trinajstić information content (AvgIpc) is 3.39. The molecular weight excluding hydrogens is 346 g/mol. The lowest BCUT2D eigenvalue weighted by molar-refractivity contribution is -0.130. The quantitative estimate of drug-likeness (QED) is 0.805. The summed E-state index contributed by atoms with van der Waals surface area (Å²) in [5.74, 6) is 0.862. The minimum atomic E-state index is 0.319. The molecular formula is C24H31N3O. The van der Waals surface area contributed by atoms with Crippen LogP contribution >= 0.6 is 0 Å². The van der Waals surface area contributed by atoms with E-state index in [0.29, 0.717) is 30.3 Å². The van der Waals surface area contributed by atoms with Gasteiger partial charge in [-0.2, -0.15) is 0 Å². The summed E-state index contributed by atoms with van der Waals surface area (Å²) in [6, 6.07) is 20.0. The maximum absolute atomic E-state index is 12.6. The van der Waals surface area contributed by atoms with Crippen LogP contribution in [0, 0.1) is 12.8 Å². The lowest BCUT2D eigenvalue weighted by Gasteiger charge is -2.20. The second-order valence-corrected chi connectivity index (χ2v) is 8.32. The van der Waals surface area contributed by atoms with Crippen LogP contribution in [-0.2, 0) is 11.2 Å². The van der Waals surface area contributed by atoms with Gasteiger partial charge in [-0.1, -0.05) is 60.2 Å². The van der Waals surface area contributed by atoms with Crippen LogP contribution in [0.2, 0.25) is 0 Å². The molecule has 2 aliphatic rings. The summed E-state index contributed by atoms with van der Waals surface area (Å²) in [6.45, 7) is 3.92. The number of rotatable bonds is 6. The van der Waals surface area contributed by atoms with Gasteiger partial charge in [-0.05, 0) is 49.7 Å². The van der Waals surface area contributed by atoms with Gasteiger partial charge in [0, 0.05) is 31.6 Å². The highest BCUT2D eigenvalue weighted by Crippen LogP contribution is 2.30. The Kier molecular flexibility index (Phi) is 6.08. The van der Waals surface area contributed by atoms with Gasteiger partial charge in [-0.3, -0.25) is 15.6 Å². The number of carbonyl (C=O) groups excluding carboxylic acids is 1. The number of likely N-dealkylation sites (tertiary alicyclic amines) is 1. The predicted molar refractivity (Wildman–Crippen MR) is 113 cm³/mol. The molecule has 0 spiro atoms. The van der Waals surface area contributed by atoms with Crippen molar-refractivity contribution < 1.29 is 4.79 Å². The van der Waals surface area contributed by atoms with E-state index >= 15 is 0 Å². The van der Waals surface area contributed by atoms with Crippen LogP contribution < -0.4 is 10.9 Å². The van der Waals surface area contributed by atoms with E-state index in [2.05, 4.69) is 71.2 Å². The van der Waals surface area contributed by atoms with E-state index in [-0.39, 0.29) is 0 Å². The second-order valence-electron chi connectivity index (χ2n) is 8.32. The number of amides is 1. The Morgan fingerprint density at radius 1 is 1.07 bits per heavy atom. The molecule has 2 N–H and O–H groups in total. The summed E-state index contributed by atoms with van der Waals surface area (Å²) in [6.07, 6.45) is 4.76. The molecule has 2 heterocycles. The summed E-state index contributed by atoms with van der Waals surface area (Å²) >= 11 is 0. The minimum Gasteiger partial charge on any atom is -0.342 e. The normalized spacial score (nSPS) is 24.6. The van der Waals surface area contributed by atoms with Gasteiger partial charge in [0.1, 0.15) is 0 Å². The van der Waals surface area contributed by atoms with Gasteiger partial charge in [-0.25, -0.2) is 0 Å². The zero-order valence-electron chi connectivity index (χ0n) is 16.7. The summed E-state index contributed by atoms with van der Waals surface area (Å²) in [7, 11) is 0. The number of hydrogen-bond donors (Lipinski definition) is 2. The standard InChI is InChI=1S/C24H31N3O/c1-18-10-12-20(13-11-18)22-16-23(26-25-22)21-14-15-27(17-21)24(28)9-5-8-19-6-3-2-4-7-19/h2-4,6-7,10-13,21-23,25-26H,5,8-9,14-17H2,1H3. The molecule has 0 saturated carbocycles. The van der Waals surface area contributed by atoms with E-state index in [9.17, 15) is 4.79 Å². The van der Waals surface area contributed by atoms with Crippen molar-refractivity contribution in [1.82, 2.24) is 15.8 Å². The first-order valence-electron chi connectivity index (χ1n) is 10.6. The van der Waals surface area contributed by atoms with E-state index in [1.165, 1.54) is 16.7 Å². The minimum absolute atomic E-state index is 0.319. The smallest absolute Gasteiger partial charge is 0.222 e. The lowest BCUT2D eigenvalue weighted by Crippen LogP contribution is -2.38. The van der Waals surface area contributed by atoms with Crippen molar-refractivity contribution >= 4 is 5.91 Å². The van der Waals surface area contributed by atoms with Gasteiger partial charge in [0.15, 0.2) is 0 Å². The average molecular weight is 378 g/mol. The molecule has 4 heteroatoms. The van der Waals surface area contributed by atoms with Crippen molar-refractivity contribution in [2.45, 2.75) is 51.1 Å². The summed E-state index contributed by atoms with van der Waals surface area (Å²) in [4.78, 5) is 14.7. The third-order valence-corrected chi connectivity index (χ3v) is 6.26. The van der Waals surface area contributed by atoms with Crippen molar-refractivity contribution in [1.29, 1.82) is 0 Å². The molecule has 4 rings (SSSR count). The van der Waals surface area contributed by atoms with Crippen LogP contribution in [-0.4, -0.2) is 29.9 Å². The van der Waals surface area contributed by atoms with Gasteiger partial charge in [0.2, 0.25) is 5.91 Å². The molecule has 3 atom stereocenters. The first kappa shape index (κ1) is 19.2. The third kappa shape index (κ3) is 4.62. The highest BCUT2D eigenvalue weighted by Gasteiger charge is 2.36. The zero-order valence-corrected chi connectivity index (χ0v) is 16.7. The number of hydrogen-bond acceptors (Lipinski definition) is 3. The van der Waals surface area contributed by atoms with Crippen LogP contribution in [0.5, 0.6) is 0 Å². The number of nitrogens with zero attached hydrogens (tertiary/aromatic N) is 1. The number of aryl methyl sites for hydroxylation is 2. The molecule has 1 amide bonds. The molecule has 3 unspecified atom stereocenters. The lowest BCUT2D eigenvalue weighted by atomic mass is 9.92. The van der Waals surface area contributed by atoms with E-state index in [4.69, 9.17) is 0 Å². The fraction of sp³-hybridized carbons (Fsp3) is 0.458. The van der Waals surface area contributed by atoms with E-state index in [1.54, 1.807) is 0 Å². The van der Waals surface area contributed by atoms with Gasteiger partial charge in [0.25, 0.3) is 0 Å². The topological polar surface area (TPSA) is 44.4 Å². The van der Waals surface area contributed by atoms with Crippen LogP contribution in [0.1, 0.15) is 48.4 Å². The Labute approximate surface area is 168 Å². The van der Waals surface area contributed by atoms with Crippen LogP contribution in [0.4, 0.5) is 0 Å². The van der Waals surface area contributed by atoms with Crippen molar-refractivity contribution in [3.05, 3.63) is 71.3 Å². The highest BCUT2D eigenvalue weighted by molar-refractivity contribution is 5.76. The first-order valence-corrected chi connectivity index (χ1v) is 10.6. The van der Waals surface area contributed by atoms with Crippen LogP contribution in [0.25, 0.3) is 0 Å². The van der Waals surface area contributed by atoms with Gasteiger partial charge in [-0.15, -0.1) is 0 Å². The fourth-order valence-electron chi connectivity index (χ4n) is 4.50. The van der Waals surface area contributed by atoms with Crippen LogP contribution in [0.3, 0.4) is 0 Å². The van der Waals surface area contributed by atoms with Gasteiger partial charge in [0.05, 0.1) is 0 Å². The Morgan fingerprint density at radius 2 is 1.86 bits per heavy atom. The molecule has 0 bridgehead atoms. The molecule has 2 saturated heterocycles. The number of nitrogens with one attached hydrogen (secondary N) is 2. The number of hydrazine groups is 1. The Morgan fingerprint density at radius 3 is 2.64 bits per heavy atom. The maximum atomic E-state index is 12.6. The molecule has 148 valence electrons. The molecule has 2 aromatic rings. The van der Waals surface area contributed by atoms with Gasteiger partial charge >= 0.3 is 0 Å². The van der Waals surface area contributed by atoms with Crippen molar-refractivity contribution in [2.24, 2.45) is 5.92 Å². The molecule has 4 nitrogen and oxygen atoms in total. The molecule has 2 aromatic carbocycles. The van der Waals surface area contributed by atoms with E-state index < -0.39 is 0 Å². The SMILES string of the molecule is Cc1ccc(C2CC(C3CCN(C(=O)CCCc4ccccc4)C3)NN2)cc1. The summed E-state index contributed by atoms with van der Waals surface area (Å²) in [5, 5.41) is 0. The fourth-order valence-corrected chi connectivity index (χ4v) is 4.50. The summed E-state index contributed by atoms with van der Waals surface area (Å²) < 4.78 is 0. The summed E-state index contributed by atoms with van der Waals surface area (Å²) in [5.41, 5.74) is 10.9. The largest absolute Gasteiger partial charge is 0.342 e. The predicted octanol–water partition coefficient (Wildman–Crippen LogP) is 3.77. The maximum Gasteiger partial charge on any atom is 0.222 e. The Bertz CT molecular complexity index is 774. The number of carbonyl (C=O) groups is 1.